The number of carbonyl (C=O) groups excluding carboxylic acids is 2. The lowest BCUT2D eigenvalue weighted by Crippen LogP contribution is -2.43. The van der Waals surface area contributed by atoms with Crippen LogP contribution >= 0.6 is 11.3 Å². The molecule has 0 saturated carbocycles. The first kappa shape index (κ1) is 17.4. The Morgan fingerprint density at radius 3 is 2.93 bits per heavy atom. The molecular formula is C19H19N5O2S. The van der Waals surface area contributed by atoms with Crippen LogP contribution < -0.4 is 10.6 Å². The van der Waals surface area contributed by atoms with Crippen molar-refractivity contribution in [3.8, 4) is 0 Å². The van der Waals surface area contributed by atoms with Gasteiger partial charge in [0.25, 0.3) is 5.91 Å². The normalized spacial score (nSPS) is 16.3. The van der Waals surface area contributed by atoms with E-state index < -0.39 is 11.9 Å². The van der Waals surface area contributed by atoms with Gasteiger partial charge in [0, 0.05) is 16.2 Å². The number of hydrogen-bond acceptors (Lipinski definition) is 5. The summed E-state index contributed by atoms with van der Waals surface area (Å²) >= 11 is 1.67. The van der Waals surface area contributed by atoms with Gasteiger partial charge in [-0.2, -0.15) is 0 Å². The minimum absolute atomic E-state index is 0.114. The third-order valence-corrected chi connectivity index (χ3v) is 5.55. The molecule has 1 unspecified atom stereocenters. The topological polar surface area (TPSA) is 99.8 Å². The van der Waals surface area contributed by atoms with Crippen molar-refractivity contribution < 1.29 is 9.59 Å². The number of fused-ring (bicyclic) bond motifs is 1. The number of aromatic amines is 1. The fourth-order valence-corrected chi connectivity index (χ4v) is 4.12. The zero-order chi connectivity index (χ0) is 18.8. The Hall–Kier alpha value is -3.00. The van der Waals surface area contributed by atoms with E-state index in [1.54, 1.807) is 11.3 Å². The Morgan fingerprint density at radius 1 is 1.30 bits per heavy atom. The van der Waals surface area contributed by atoms with Crippen molar-refractivity contribution in [2.75, 3.05) is 5.32 Å². The van der Waals surface area contributed by atoms with E-state index in [0.717, 1.165) is 27.4 Å². The number of aryl methyl sites for hydroxylation is 2. The number of thiophene rings is 1. The van der Waals surface area contributed by atoms with Crippen molar-refractivity contribution >= 4 is 28.8 Å². The van der Waals surface area contributed by atoms with Gasteiger partial charge < -0.3 is 15.6 Å². The maximum absolute atomic E-state index is 12.5. The summed E-state index contributed by atoms with van der Waals surface area (Å²) in [4.78, 5) is 30.2. The number of carbonyl (C=O) groups is 2. The molecule has 0 radical (unpaired) electrons. The summed E-state index contributed by atoms with van der Waals surface area (Å²) in [7, 11) is 0. The van der Waals surface area contributed by atoms with E-state index in [2.05, 4.69) is 25.8 Å². The molecule has 1 aliphatic rings. The molecule has 1 aromatic carbocycles. The minimum atomic E-state index is -0.597. The first-order valence-corrected chi connectivity index (χ1v) is 9.56. The van der Waals surface area contributed by atoms with Crippen molar-refractivity contribution in [1.82, 2.24) is 20.5 Å². The molecule has 138 valence electrons. The predicted octanol–water partition coefficient (Wildman–Crippen LogP) is 2.45. The number of H-pyrrole nitrogens is 1. The van der Waals surface area contributed by atoms with Gasteiger partial charge in [0.05, 0.1) is 5.69 Å². The molecule has 3 heterocycles. The number of anilines is 1. The highest BCUT2D eigenvalue weighted by molar-refractivity contribution is 7.12. The monoisotopic (exact) mass is 381 g/mol. The fraction of sp³-hybridized carbons (Fsp3) is 0.263. The predicted molar refractivity (Wildman–Crippen MR) is 103 cm³/mol. The summed E-state index contributed by atoms with van der Waals surface area (Å²) in [5.41, 5.74) is 1.93. The summed E-state index contributed by atoms with van der Waals surface area (Å²) in [6, 6.07) is 11.2. The second kappa shape index (κ2) is 7.32. The van der Waals surface area contributed by atoms with E-state index in [9.17, 15) is 9.59 Å². The fourth-order valence-electron chi connectivity index (χ4n) is 3.11. The van der Waals surface area contributed by atoms with Crippen LogP contribution in [0.5, 0.6) is 0 Å². The molecule has 2 aromatic heterocycles. The third-order valence-electron chi connectivity index (χ3n) is 4.43. The molecule has 0 aliphatic carbocycles. The highest BCUT2D eigenvalue weighted by Crippen LogP contribution is 2.30. The lowest BCUT2D eigenvalue weighted by Gasteiger charge is -2.14. The Kier molecular flexibility index (Phi) is 4.72. The second-order valence-corrected chi connectivity index (χ2v) is 7.87. The van der Waals surface area contributed by atoms with Gasteiger partial charge in [0.15, 0.2) is 0 Å². The van der Waals surface area contributed by atoms with Crippen LogP contribution in [-0.4, -0.2) is 33.0 Å². The number of rotatable bonds is 4. The standard InChI is InChI=1S/C19H19N5O2S/c1-11-9-14-15(27-11)8-7-13(18(25)21-14)20-19(26)17-22-16(23-24-17)10-12-5-3-2-4-6-12/h2-6,9,13H,7-8,10H2,1H3,(H,20,26)(H,21,25)(H,22,23,24). The molecule has 3 aromatic rings. The summed E-state index contributed by atoms with van der Waals surface area (Å²) in [6.45, 7) is 2.02. The molecule has 27 heavy (non-hydrogen) atoms. The van der Waals surface area contributed by atoms with Crippen molar-refractivity contribution in [3.63, 3.8) is 0 Å². The first-order chi connectivity index (χ1) is 13.1. The molecule has 0 spiro atoms. The Morgan fingerprint density at radius 2 is 2.11 bits per heavy atom. The highest BCUT2D eigenvalue weighted by atomic mass is 32.1. The van der Waals surface area contributed by atoms with E-state index in [1.165, 1.54) is 0 Å². The van der Waals surface area contributed by atoms with Gasteiger partial charge in [-0.3, -0.25) is 9.59 Å². The summed E-state index contributed by atoms with van der Waals surface area (Å²) in [5.74, 6) is 0.0882. The van der Waals surface area contributed by atoms with E-state index >= 15 is 0 Å². The minimum Gasteiger partial charge on any atom is -0.337 e. The molecular weight excluding hydrogens is 362 g/mol. The van der Waals surface area contributed by atoms with Gasteiger partial charge in [-0.1, -0.05) is 30.3 Å². The van der Waals surface area contributed by atoms with Gasteiger partial charge in [0.2, 0.25) is 11.7 Å². The van der Waals surface area contributed by atoms with Gasteiger partial charge in [0.1, 0.15) is 11.9 Å². The third kappa shape index (κ3) is 3.90. The van der Waals surface area contributed by atoms with Crippen LogP contribution in [0.2, 0.25) is 0 Å². The van der Waals surface area contributed by atoms with E-state index in [4.69, 9.17) is 0 Å². The summed E-state index contributed by atoms with van der Waals surface area (Å²) in [6.07, 6.45) is 1.85. The molecule has 0 bridgehead atoms. The number of hydrogen-bond donors (Lipinski definition) is 3. The van der Waals surface area contributed by atoms with Gasteiger partial charge in [-0.15, -0.1) is 21.5 Å². The molecule has 0 fully saturated rings. The average Bonchev–Trinajstić information content (AvgIpc) is 3.22. The Balaban J connectivity index is 1.40. The molecule has 2 amide bonds. The number of benzene rings is 1. The first-order valence-electron chi connectivity index (χ1n) is 8.75. The van der Waals surface area contributed by atoms with Crippen LogP contribution in [0.1, 0.15) is 38.2 Å². The molecule has 1 aliphatic heterocycles. The number of nitrogens with one attached hydrogen (secondary N) is 3. The number of amides is 2. The van der Waals surface area contributed by atoms with E-state index in [0.29, 0.717) is 18.7 Å². The average molecular weight is 381 g/mol. The van der Waals surface area contributed by atoms with Crippen LogP contribution in [0.3, 0.4) is 0 Å². The van der Waals surface area contributed by atoms with Crippen molar-refractivity contribution in [3.05, 3.63) is 63.4 Å². The second-order valence-electron chi connectivity index (χ2n) is 6.53. The lowest BCUT2D eigenvalue weighted by molar-refractivity contribution is -0.118. The maximum Gasteiger partial charge on any atom is 0.289 e. The molecule has 0 saturated heterocycles. The number of nitrogens with zero attached hydrogens (tertiary/aromatic N) is 2. The summed E-state index contributed by atoms with van der Waals surface area (Å²) < 4.78 is 0. The molecule has 4 rings (SSSR count). The Bertz CT molecular complexity index is 979. The van der Waals surface area contributed by atoms with Crippen molar-refractivity contribution in [1.29, 1.82) is 0 Å². The maximum atomic E-state index is 12.5. The van der Waals surface area contributed by atoms with E-state index in [-0.39, 0.29) is 11.7 Å². The molecule has 7 nitrogen and oxygen atoms in total. The SMILES string of the molecule is Cc1cc2c(s1)CCC(NC(=O)c1nnc(Cc3ccccc3)[nH]1)C(=O)N2. The van der Waals surface area contributed by atoms with Crippen LogP contribution in [0.4, 0.5) is 5.69 Å². The molecule has 1 atom stereocenters. The van der Waals surface area contributed by atoms with E-state index in [1.807, 2.05) is 43.3 Å². The molecule has 8 heteroatoms. The zero-order valence-corrected chi connectivity index (χ0v) is 15.6. The highest BCUT2D eigenvalue weighted by Gasteiger charge is 2.27. The summed E-state index contributed by atoms with van der Waals surface area (Å²) in [5, 5.41) is 13.6. The number of aromatic nitrogens is 3. The van der Waals surface area contributed by atoms with Gasteiger partial charge in [-0.25, -0.2) is 0 Å². The van der Waals surface area contributed by atoms with Crippen LogP contribution in [-0.2, 0) is 17.6 Å². The smallest absolute Gasteiger partial charge is 0.289 e. The largest absolute Gasteiger partial charge is 0.337 e. The van der Waals surface area contributed by atoms with Crippen LogP contribution in [0, 0.1) is 6.92 Å². The molecule has 3 N–H and O–H groups in total. The quantitative estimate of drug-likeness (QED) is 0.646. The van der Waals surface area contributed by atoms with Gasteiger partial charge in [-0.05, 0) is 31.4 Å². The van der Waals surface area contributed by atoms with Gasteiger partial charge >= 0.3 is 0 Å². The van der Waals surface area contributed by atoms with Crippen molar-refractivity contribution in [2.24, 2.45) is 0 Å². The van der Waals surface area contributed by atoms with Crippen LogP contribution in [0.25, 0.3) is 0 Å². The lowest BCUT2D eigenvalue weighted by atomic mass is 10.1. The Labute approximate surface area is 160 Å². The van der Waals surface area contributed by atoms with Crippen molar-refractivity contribution in [2.45, 2.75) is 32.2 Å². The zero-order valence-electron chi connectivity index (χ0n) is 14.8. The van der Waals surface area contributed by atoms with Crippen LogP contribution in [0.15, 0.2) is 36.4 Å².